The smallest absolute Gasteiger partial charge is 0.234 e. The van der Waals surface area contributed by atoms with E-state index in [-0.39, 0.29) is 5.91 Å². The van der Waals surface area contributed by atoms with E-state index in [1.807, 2.05) is 66.5 Å². The molecule has 0 bridgehead atoms. The summed E-state index contributed by atoms with van der Waals surface area (Å²) in [5.74, 6) is 0.0234. The molecule has 0 aromatic heterocycles. The van der Waals surface area contributed by atoms with Gasteiger partial charge >= 0.3 is 0 Å². The van der Waals surface area contributed by atoms with Crippen LogP contribution in [0.15, 0.2) is 54.6 Å². The van der Waals surface area contributed by atoms with Crippen LogP contribution in [-0.2, 0) is 17.9 Å². The van der Waals surface area contributed by atoms with Gasteiger partial charge in [0, 0.05) is 18.1 Å². The second-order valence-electron chi connectivity index (χ2n) is 5.06. The van der Waals surface area contributed by atoms with Crippen molar-refractivity contribution in [2.45, 2.75) is 13.1 Å². The second kappa shape index (κ2) is 7.81. The Labute approximate surface area is 130 Å². The van der Waals surface area contributed by atoms with E-state index in [4.69, 9.17) is 11.6 Å². The SMILES string of the molecule is CN(CC(=O)NCc1ccccc1)Cc1ccc(Cl)cc1. The topological polar surface area (TPSA) is 32.3 Å². The average molecular weight is 303 g/mol. The normalized spacial score (nSPS) is 10.6. The molecule has 0 fully saturated rings. The standard InChI is InChI=1S/C17H19ClN2O/c1-20(12-15-7-9-16(18)10-8-15)13-17(21)19-11-14-5-3-2-4-6-14/h2-10H,11-13H2,1H3,(H,19,21). The Balaban J connectivity index is 1.75. The Morgan fingerprint density at radius 3 is 2.38 bits per heavy atom. The van der Waals surface area contributed by atoms with Gasteiger partial charge in [-0.25, -0.2) is 0 Å². The second-order valence-corrected chi connectivity index (χ2v) is 5.50. The van der Waals surface area contributed by atoms with Gasteiger partial charge in [0.2, 0.25) is 5.91 Å². The van der Waals surface area contributed by atoms with Crippen molar-refractivity contribution in [3.05, 3.63) is 70.7 Å². The maximum Gasteiger partial charge on any atom is 0.234 e. The Hall–Kier alpha value is -1.84. The van der Waals surface area contributed by atoms with Gasteiger partial charge in [0.1, 0.15) is 0 Å². The molecule has 0 aliphatic rings. The number of likely N-dealkylation sites (N-methyl/N-ethyl adjacent to an activating group) is 1. The van der Waals surface area contributed by atoms with E-state index in [2.05, 4.69) is 5.32 Å². The van der Waals surface area contributed by atoms with Gasteiger partial charge in [0.25, 0.3) is 0 Å². The van der Waals surface area contributed by atoms with Crippen LogP contribution in [0.2, 0.25) is 5.02 Å². The minimum Gasteiger partial charge on any atom is -0.351 e. The predicted octanol–water partition coefficient (Wildman–Crippen LogP) is 3.09. The zero-order valence-corrected chi connectivity index (χ0v) is 12.8. The summed E-state index contributed by atoms with van der Waals surface area (Å²) in [6.45, 7) is 1.65. The van der Waals surface area contributed by atoms with Gasteiger partial charge in [-0.1, -0.05) is 54.1 Å². The highest BCUT2D eigenvalue weighted by molar-refractivity contribution is 6.30. The highest BCUT2D eigenvalue weighted by Gasteiger charge is 2.07. The number of amides is 1. The quantitative estimate of drug-likeness (QED) is 0.889. The van der Waals surface area contributed by atoms with Gasteiger partial charge in [0.15, 0.2) is 0 Å². The molecular formula is C17H19ClN2O. The van der Waals surface area contributed by atoms with E-state index >= 15 is 0 Å². The Kier molecular flexibility index (Phi) is 5.78. The fourth-order valence-corrected chi connectivity index (χ4v) is 2.18. The summed E-state index contributed by atoms with van der Waals surface area (Å²) in [6, 6.07) is 17.6. The molecule has 0 atom stereocenters. The zero-order chi connectivity index (χ0) is 15.1. The first-order valence-corrected chi connectivity index (χ1v) is 7.25. The summed E-state index contributed by atoms with van der Waals surface area (Å²) in [4.78, 5) is 13.9. The summed E-state index contributed by atoms with van der Waals surface area (Å²) >= 11 is 5.85. The first-order valence-electron chi connectivity index (χ1n) is 6.87. The molecule has 3 nitrogen and oxygen atoms in total. The molecule has 0 aliphatic heterocycles. The Morgan fingerprint density at radius 2 is 1.71 bits per heavy atom. The lowest BCUT2D eigenvalue weighted by atomic mass is 10.2. The molecule has 1 amide bonds. The highest BCUT2D eigenvalue weighted by Crippen LogP contribution is 2.10. The molecule has 2 aromatic carbocycles. The van der Waals surface area contributed by atoms with Crippen LogP contribution >= 0.6 is 11.6 Å². The first-order chi connectivity index (χ1) is 10.1. The van der Waals surface area contributed by atoms with Crippen molar-refractivity contribution >= 4 is 17.5 Å². The molecule has 0 saturated heterocycles. The van der Waals surface area contributed by atoms with Crippen molar-refractivity contribution in [2.24, 2.45) is 0 Å². The fraction of sp³-hybridized carbons (Fsp3) is 0.235. The van der Waals surface area contributed by atoms with Crippen LogP contribution in [0.1, 0.15) is 11.1 Å². The summed E-state index contributed by atoms with van der Waals surface area (Å²) in [6.07, 6.45) is 0. The van der Waals surface area contributed by atoms with Gasteiger partial charge in [-0.15, -0.1) is 0 Å². The molecule has 0 heterocycles. The molecule has 0 unspecified atom stereocenters. The van der Waals surface area contributed by atoms with E-state index < -0.39 is 0 Å². The summed E-state index contributed by atoms with van der Waals surface area (Å²) in [5, 5.41) is 3.65. The molecule has 110 valence electrons. The number of nitrogens with one attached hydrogen (secondary N) is 1. The third kappa shape index (κ3) is 5.58. The molecule has 2 aromatic rings. The van der Waals surface area contributed by atoms with Gasteiger partial charge < -0.3 is 5.32 Å². The van der Waals surface area contributed by atoms with Gasteiger partial charge in [-0.3, -0.25) is 9.69 Å². The Morgan fingerprint density at radius 1 is 1.05 bits per heavy atom. The minimum atomic E-state index is 0.0234. The summed E-state index contributed by atoms with van der Waals surface area (Å²) in [5.41, 5.74) is 2.24. The summed E-state index contributed by atoms with van der Waals surface area (Å²) < 4.78 is 0. The summed E-state index contributed by atoms with van der Waals surface area (Å²) in [7, 11) is 1.93. The molecule has 0 spiro atoms. The number of hydrogen-bond acceptors (Lipinski definition) is 2. The molecule has 4 heteroatoms. The van der Waals surface area contributed by atoms with Crippen LogP contribution in [0.4, 0.5) is 0 Å². The third-order valence-electron chi connectivity index (χ3n) is 3.11. The number of benzene rings is 2. The Bertz CT molecular complexity index is 569. The van der Waals surface area contributed by atoms with E-state index in [0.29, 0.717) is 13.1 Å². The maximum atomic E-state index is 11.9. The third-order valence-corrected chi connectivity index (χ3v) is 3.36. The minimum absolute atomic E-state index is 0.0234. The van der Waals surface area contributed by atoms with Gasteiger partial charge in [0.05, 0.1) is 6.54 Å². The maximum absolute atomic E-state index is 11.9. The fourth-order valence-electron chi connectivity index (χ4n) is 2.05. The lowest BCUT2D eigenvalue weighted by Gasteiger charge is -2.16. The lowest BCUT2D eigenvalue weighted by molar-refractivity contribution is -0.122. The highest BCUT2D eigenvalue weighted by atomic mass is 35.5. The van der Waals surface area contributed by atoms with E-state index in [1.165, 1.54) is 0 Å². The predicted molar refractivity (Wildman–Crippen MR) is 86.1 cm³/mol. The van der Waals surface area contributed by atoms with Crippen LogP contribution in [0, 0.1) is 0 Å². The van der Waals surface area contributed by atoms with Crippen molar-refractivity contribution in [2.75, 3.05) is 13.6 Å². The van der Waals surface area contributed by atoms with Crippen LogP contribution in [0.3, 0.4) is 0 Å². The number of rotatable bonds is 6. The molecule has 21 heavy (non-hydrogen) atoms. The molecule has 1 N–H and O–H groups in total. The number of carbonyl (C=O) groups is 1. The monoisotopic (exact) mass is 302 g/mol. The first kappa shape index (κ1) is 15.5. The molecule has 0 radical (unpaired) electrons. The molecule has 0 aliphatic carbocycles. The van der Waals surface area contributed by atoms with Crippen molar-refractivity contribution in [3.63, 3.8) is 0 Å². The molecule has 0 saturated carbocycles. The van der Waals surface area contributed by atoms with Crippen LogP contribution < -0.4 is 5.32 Å². The number of carbonyl (C=O) groups excluding carboxylic acids is 1. The zero-order valence-electron chi connectivity index (χ0n) is 12.1. The van der Waals surface area contributed by atoms with Crippen LogP contribution in [0.25, 0.3) is 0 Å². The van der Waals surface area contributed by atoms with E-state index in [0.717, 1.165) is 22.7 Å². The largest absolute Gasteiger partial charge is 0.351 e. The number of halogens is 1. The number of hydrogen-bond donors (Lipinski definition) is 1. The van der Waals surface area contributed by atoms with Crippen molar-refractivity contribution in [1.29, 1.82) is 0 Å². The average Bonchev–Trinajstić information content (AvgIpc) is 2.48. The van der Waals surface area contributed by atoms with Crippen molar-refractivity contribution in [1.82, 2.24) is 10.2 Å². The van der Waals surface area contributed by atoms with Crippen LogP contribution in [0.5, 0.6) is 0 Å². The van der Waals surface area contributed by atoms with Crippen molar-refractivity contribution in [3.8, 4) is 0 Å². The van der Waals surface area contributed by atoms with Crippen LogP contribution in [-0.4, -0.2) is 24.4 Å². The number of nitrogens with zero attached hydrogens (tertiary/aromatic N) is 1. The molecular weight excluding hydrogens is 284 g/mol. The molecule has 2 rings (SSSR count). The van der Waals surface area contributed by atoms with Gasteiger partial charge in [-0.05, 0) is 30.3 Å². The van der Waals surface area contributed by atoms with Crippen molar-refractivity contribution < 1.29 is 4.79 Å². The van der Waals surface area contributed by atoms with E-state index in [9.17, 15) is 4.79 Å². The van der Waals surface area contributed by atoms with Gasteiger partial charge in [-0.2, -0.15) is 0 Å². The lowest BCUT2D eigenvalue weighted by Crippen LogP contribution is -2.34. The van der Waals surface area contributed by atoms with E-state index in [1.54, 1.807) is 0 Å².